The Morgan fingerprint density at radius 2 is 0.750 bits per heavy atom. The van der Waals surface area contributed by atoms with E-state index in [-0.39, 0.29) is 12.8 Å². The molecule has 0 aliphatic heterocycles. The molecule has 0 fully saturated rings. The van der Waals surface area contributed by atoms with Crippen molar-refractivity contribution < 1.29 is 59.4 Å². The summed E-state index contributed by atoms with van der Waals surface area (Å²) in [7, 11) is 0. The molecule has 12 heteroatoms. The van der Waals surface area contributed by atoms with Crippen molar-refractivity contribution >= 4 is 35.8 Å². The third-order valence-corrected chi connectivity index (χ3v) is 3.44. The Labute approximate surface area is 159 Å². The first kappa shape index (κ1) is 27.0. The summed E-state index contributed by atoms with van der Waals surface area (Å²) in [5.74, 6) is -11.4. The van der Waals surface area contributed by atoms with Crippen molar-refractivity contribution in [2.45, 2.75) is 51.4 Å². The molecule has 160 valence electrons. The summed E-state index contributed by atoms with van der Waals surface area (Å²) in [6.45, 7) is 0. The lowest BCUT2D eigenvalue weighted by atomic mass is 9.87. The number of carboxylic acid groups (broad SMARTS) is 6. The van der Waals surface area contributed by atoms with E-state index in [9.17, 15) is 28.8 Å². The van der Waals surface area contributed by atoms with Gasteiger partial charge in [-0.2, -0.15) is 0 Å². The van der Waals surface area contributed by atoms with Gasteiger partial charge >= 0.3 is 35.8 Å². The maximum absolute atomic E-state index is 10.6. The summed E-state index contributed by atoms with van der Waals surface area (Å²) in [5.41, 5.74) is 0. The molecule has 0 bridgehead atoms. The van der Waals surface area contributed by atoms with E-state index in [2.05, 4.69) is 0 Å². The van der Waals surface area contributed by atoms with Gasteiger partial charge in [-0.3, -0.25) is 28.8 Å². The van der Waals surface area contributed by atoms with Gasteiger partial charge in [0, 0.05) is 12.8 Å². The Balaban J connectivity index is 0. The predicted octanol–water partition coefficient (Wildman–Crippen LogP) is 0.834. The fourth-order valence-corrected chi connectivity index (χ4v) is 2.09. The molecule has 2 atom stereocenters. The van der Waals surface area contributed by atoms with Crippen LogP contribution in [0.5, 0.6) is 0 Å². The number of rotatable bonds is 14. The lowest BCUT2D eigenvalue weighted by Crippen LogP contribution is -2.33. The molecule has 0 aromatic rings. The minimum absolute atomic E-state index is 0.188. The van der Waals surface area contributed by atoms with Crippen LogP contribution in [0.15, 0.2) is 0 Å². The topological polar surface area (TPSA) is 224 Å². The van der Waals surface area contributed by atoms with Gasteiger partial charge in [0.15, 0.2) is 0 Å². The normalized spacial score (nSPS) is 12.0. The van der Waals surface area contributed by atoms with E-state index >= 15 is 0 Å². The van der Waals surface area contributed by atoms with Gasteiger partial charge < -0.3 is 30.6 Å². The smallest absolute Gasteiger partial charge is 0.307 e. The molecule has 12 nitrogen and oxygen atoms in total. The van der Waals surface area contributed by atoms with Crippen LogP contribution < -0.4 is 0 Å². The Bertz CT molecular complexity index is 518. The molecule has 0 aliphatic carbocycles. The van der Waals surface area contributed by atoms with Crippen LogP contribution in [-0.2, 0) is 28.8 Å². The van der Waals surface area contributed by atoms with Crippen molar-refractivity contribution in [3.8, 4) is 0 Å². The van der Waals surface area contributed by atoms with E-state index in [0.717, 1.165) is 12.8 Å². The van der Waals surface area contributed by atoms with Crippen molar-refractivity contribution in [3.05, 3.63) is 0 Å². The SMILES string of the molecule is O=C(O)CC(C(=O)O)C(CC(=O)O)C(=O)O.O=C(O)CCCCCCC(=O)O. The molecule has 0 radical (unpaired) electrons. The summed E-state index contributed by atoms with van der Waals surface area (Å²) < 4.78 is 0. The minimum atomic E-state index is -1.76. The van der Waals surface area contributed by atoms with Crippen LogP contribution in [0, 0.1) is 11.8 Å². The van der Waals surface area contributed by atoms with Gasteiger partial charge in [0.05, 0.1) is 24.7 Å². The molecule has 2 unspecified atom stereocenters. The van der Waals surface area contributed by atoms with Gasteiger partial charge in [-0.15, -0.1) is 0 Å². The quantitative estimate of drug-likeness (QED) is 0.220. The van der Waals surface area contributed by atoms with E-state index < -0.39 is 60.5 Å². The van der Waals surface area contributed by atoms with Gasteiger partial charge in [-0.1, -0.05) is 12.8 Å². The monoisotopic (exact) mass is 408 g/mol. The van der Waals surface area contributed by atoms with Gasteiger partial charge in [0.1, 0.15) is 0 Å². The summed E-state index contributed by atoms with van der Waals surface area (Å²) in [6.07, 6.45) is 1.42. The third kappa shape index (κ3) is 16.3. The average molecular weight is 408 g/mol. The lowest BCUT2D eigenvalue weighted by molar-refractivity contribution is -0.160. The Morgan fingerprint density at radius 3 is 0.929 bits per heavy atom. The number of carboxylic acids is 6. The van der Waals surface area contributed by atoms with E-state index in [1.807, 2.05) is 0 Å². The summed E-state index contributed by atoms with van der Waals surface area (Å²) in [5, 5.41) is 50.6. The highest BCUT2D eigenvalue weighted by atomic mass is 16.4. The zero-order chi connectivity index (χ0) is 22.3. The van der Waals surface area contributed by atoms with Gasteiger partial charge in [0.25, 0.3) is 0 Å². The number of aliphatic carboxylic acids is 6. The Kier molecular flexibility index (Phi) is 14.4. The molecule has 6 N–H and O–H groups in total. The zero-order valence-corrected chi connectivity index (χ0v) is 14.9. The first-order valence-corrected chi connectivity index (χ1v) is 8.21. The second kappa shape index (κ2) is 14.9. The first-order valence-electron chi connectivity index (χ1n) is 8.21. The van der Waals surface area contributed by atoms with Gasteiger partial charge in [-0.05, 0) is 12.8 Å². The number of unbranched alkanes of at least 4 members (excludes halogenated alkanes) is 3. The van der Waals surface area contributed by atoms with Crippen molar-refractivity contribution in [1.29, 1.82) is 0 Å². The molecule has 0 rings (SSSR count). The molecule has 0 amide bonds. The van der Waals surface area contributed by atoms with Crippen LogP contribution in [0.2, 0.25) is 0 Å². The second-order valence-corrected chi connectivity index (χ2v) is 5.79. The predicted molar refractivity (Wildman–Crippen MR) is 89.7 cm³/mol. The van der Waals surface area contributed by atoms with Crippen molar-refractivity contribution in [3.63, 3.8) is 0 Å². The molecular weight excluding hydrogens is 384 g/mol. The standard InChI is InChI=1S/C8H10O8.C8H14O4/c9-5(10)1-3(7(13)14)4(8(15)16)2-6(11)12;9-7(10)5-3-1-2-4-6-8(11)12/h3-4H,1-2H2,(H,9,10)(H,11,12)(H,13,14)(H,15,16);1-6H2,(H,9,10)(H,11,12). The lowest BCUT2D eigenvalue weighted by Gasteiger charge is -2.16. The second-order valence-electron chi connectivity index (χ2n) is 5.79. The third-order valence-electron chi connectivity index (χ3n) is 3.44. The summed E-state index contributed by atoms with van der Waals surface area (Å²) in [6, 6.07) is 0. The molecule has 0 spiro atoms. The van der Waals surface area contributed by atoms with Crippen LogP contribution in [0.25, 0.3) is 0 Å². The molecule has 0 saturated carbocycles. The van der Waals surface area contributed by atoms with E-state index in [1.165, 1.54) is 0 Å². The molecule has 0 heterocycles. The Morgan fingerprint density at radius 1 is 0.464 bits per heavy atom. The van der Waals surface area contributed by atoms with E-state index in [0.29, 0.717) is 12.8 Å². The average Bonchev–Trinajstić information content (AvgIpc) is 2.53. The molecule has 0 aromatic carbocycles. The van der Waals surface area contributed by atoms with Crippen LogP contribution in [0.4, 0.5) is 0 Å². The van der Waals surface area contributed by atoms with Crippen molar-refractivity contribution in [1.82, 2.24) is 0 Å². The van der Waals surface area contributed by atoms with Crippen LogP contribution >= 0.6 is 0 Å². The highest BCUT2D eigenvalue weighted by Gasteiger charge is 2.36. The van der Waals surface area contributed by atoms with Crippen LogP contribution in [0.1, 0.15) is 51.4 Å². The van der Waals surface area contributed by atoms with E-state index in [4.69, 9.17) is 30.6 Å². The maximum atomic E-state index is 10.6. The summed E-state index contributed by atoms with van der Waals surface area (Å²) >= 11 is 0. The molecule has 0 saturated heterocycles. The molecule has 0 aliphatic rings. The van der Waals surface area contributed by atoms with E-state index in [1.54, 1.807) is 0 Å². The highest BCUT2D eigenvalue weighted by molar-refractivity contribution is 5.86. The molecule has 28 heavy (non-hydrogen) atoms. The number of hydrogen-bond donors (Lipinski definition) is 6. The largest absolute Gasteiger partial charge is 0.481 e. The first-order chi connectivity index (χ1) is 12.9. The van der Waals surface area contributed by atoms with Crippen LogP contribution in [-0.4, -0.2) is 66.5 Å². The minimum Gasteiger partial charge on any atom is -0.481 e. The highest BCUT2D eigenvalue weighted by Crippen LogP contribution is 2.20. The van der Waals surface area contributed by atoms with Gasteiger partial charge in [-0.25, -0.2) is 0 Å². The van der Waals surface area contributed by atoms with Crippen molar-refractivity contribution in [2.24, 2.45) is 11.8 Å². The zero-order valence-electron chi connectivity index (χ0n) is 14.9. The van der Waals surface area contributed by atoms with Crippen molar-refractivity contribution in [2.75, 3.05) is 0 Å². The fourth-order valence-electron chi connectivity index (χ4n) is 2.09. The molecule has 0 aromatic heterocycles. The van der Waals surface area contributed by atoms with Gasteiger partial charge in [0.2, 0.25) is 0 Å². The number of carbonyl (C=O) groups is 6. The summed E-state index contributed by atoms with van der Waals surface area (Å²) in [4.78, 5) is 62.0. The Hall–Kier alpha value is -3.18. The number of hydrogen-bond acceptors (Lipinski definition) is 6. The fraction of sp³-hybridized carbons (Fsp3) is 0.625. The van der Waals surface area contributed by atoms with Crippen LogP contribution in [0.3, 0.4) is 0 Å². The maximum Gasteiger partial charge on any atom is 0.307 e. The molecular formula is C16H24O12.